The van der Waals surface area contributed by atoms with Gasteiger partial charge < -0.3 is 4.74 Å². The molecule has 0 N–H and O–H groups in total. The quantitative estimate of drug-likeness (QED) is 0.206. The molecule has 4 atom stereocenters. The predicted octanol–water partition coefficient (Wildman–Crippen LogP) is 8.82. The molecule has 0 saturated heterocycles. The van der Waals surface area contributed by atoms with Crippen molar-refractivity contribution in [1.29, 1.82) is 0 Å². The van der Waals surface area contributed by atoms with E-state index < -0.39 is 11.8 Å². The number of rotatable bonds is 9. The smallest absolute Gasteiger partial charge is 0.343 e. The molecule has 2 fully saturated rings. The Labute approximate surface area is 210 Å². The Kier molecular flexibility index (Phi) is 8.95. The molecule has 0 bridgehead atoms. The van der Waals surface area contributed by atoms with Crippen LogP contribution in [0.4, 0.5) is 4.39 Å². The highest BCUT2D eigenvalue weighted by Gasteiger charge is 2.35. The Hall–Kier alpha value is -2.68. The Bertz CT molecular complexity index is 1020. The average Bonchev–Trinajstić information content (AvgIpc) is 2.88. The molecule has 186 valence electrons. The van der Waals surface area contributed by atoms with Crippen LogP contribution in [0.25, 0.3) is 0 Å². The van der Waals surface area contributed by atoms with Gasteiger partial charge in [0.25, 0.3) is 0 Å². The van der Waals surface area contributed by atoms with Gasteiger partial charge in [0.2, 0.25) is 0 Å². The summed E-state index contributed by atoms with van der Waals surface area (Å²) in [7, 11) is 0. The third kappa shape index (κ3) is 6.72. The predicted molar refractivity (Wildman–Crippen MR) is 141 cm³/mol. The van der Waals surface area contributed by atoms with E-state index in [1.165, 1.54) is 69.1 Å². The molecule has 3 heteroatoms. The van der Waals surface area contributed by atoms with Gasteiger partial charge in [-0.25, -0.2) is 9.18 Å². The van der Waals surface area contributed by atoms with Crippen molar-refractivity contribution < 1.29 is 13.9 Å². The summed E-state index contributed by atoms with van der Waals surface area (Å²) in [4.78, 5) is 12.6. The van der Waals surface area contributed by atoms with Crippen LogP contribution in [-0.2, 0) is 6.42 Å². The van der Waals surface area contributed by atoms with Gasteiger partial charge in [0, 0.05) is 0 Å². The van der Waals surface area contributed by atoms with Crippen LogP contribution in [0, 0.1) is 23.6 Å². The Morgan fingerprint density at radius 2 is 1.80 bits per heavy atom. The SMILES string of the molecule is C=CCCc1ccc(OC(=O)c2ccc(C3CCC4CC(CC/C=C/C)CCC4C3)cc2)c(F)c1. The Morgan fingerprint density at radius 1 is 1.03 bits per heavy atom. The average molecular weight is 475 g/mol. The minimum atomic E-state index is -0.519. The highest BCUT2D eigenvalue weighted by molar-refractivity contribution is 5.91. The minimum Gasteiger partial charge on any atom is -0.420 e. The molecule has 0 spiro atoms. The molecule has 2 saturated carbocycles. The summed E-state index contributed by atoms with van der Waals surface area (Å²) >= 11 is 0. The van der Waals surface area contributed by atoms with Crippen molar-refractivity contribution in [3.05, 3.63) is 89.8 Å². The highest BCUT2D eigenvalue weighted by Crippen LogP contribution is 2.48. The zero-order valence-electron chi connectivity index (χ0n) is 21.1. The van der Waals surface area contributed by atoms with Crippen LogP contribution in [0.1, 0.15) is 92.1 Å². The fourth-order valence-electron chi connectivity index (χ4n) is 6.15. The number of esters is 1. The number of aryl methyl sites for hydroxylation is 1. The summed E-state index contributed by atoms with van der Waals surface area (Å²) in [6.45, 7) is 5.80. The third-order valence-electron chi connectivity index (χ3n) is 8.15. The number of allylic oxidation sites excluding steroid dienone is 3. The summed E-state index contributed by atoms with van der Waals surface area (Å²) in [5, 5.41) is 0. The van der Waals surface area contributed by atoms with Crippen LogP contribution in [0.15, 0.2) is 67.3 Å². The largest absolute Gasteiger partial charge is 0.420 e. The van der Waals surface area contributed by atoms with Crippen LogP contribution in [-0.4, -0.2) is 5.97 Å². The molecule has 0 aromatic heterocycles. The number of benzene rings is 2. The van der Waals surface area contributed by atoms with Crippen molar-refractivity contribution >= 4 is 5.97 Å². The zero-order chi connectivity index (χ0) is 24.6. The first-order valence-corrected chi connectivity index (χ1v) is 13.4. The molecule has 2 aromatic carbocycles. The van der Waals surface area contributed by atoms with E-state index in [1.807, 2.05) is 12.1 Å². The van der Waals surface area contributed by atoms with Gasteiger partial charge in [0.1, 0.15) is 0 Å². The maximum Gasteiger partial charge on any atom is 0.343 e. The van der Waals surface area contributed by atoms with E-state index in [0.29, 0.717) is 11.5 Å². The number of halogens is 1. The molecule has 0 aliphatic heterocycles. The van der Waals surface area contributed by atoms with Gasteiger partial charge in [0.05, 0.1) is 5.56 Å². The number of carbonyl (C=O) groups is 1. The summed E-state index contributed by atoms with van der Waals surface area (Å²) in [6, 6.07) is 12.6. The lowest BCUT2D eigenvalue weighted by Gasteiger charge is -2.42. The molecule has 2 aliphatic carbocycles. The van der Waals surface area contributed by atoms with Crippen molar-refractivity contribution in [1.82, 2.24) is 0 Å². The van der Waals surface area contributed by atoms with Gasteiger partial charge >= 0.3 is 5.97 Å². The monoisotopic (exact) mass is 474 g/mol. The normalized spacial score (nSPS) is 24.2. The van der Waals surface area contributed by atoms with E-state index in [4.69, 9.17) is 4.74 Å². The van der Waals surface area contributed by atoms with Crippen molar-refractivity contribution in [2.75, 3.05) is 0 Å². The zero-order valence-corrected chi connectivity index (χ0v) is 21.1. The maximum absolute atomic E-state index is 14.4. The summed E-state index contributed by atoms with van der Waals surface area (Å²) in [5.41, 5.74) is 2.63. The molecule has 2 nitrogen and oxygen atoms in total. The van der Waals surface area contributed by atoms with E-state index >= 15 is 0 Å². The van der Waals surface area contributed by atoms with Crippen molar-refractivity contribution in [2.45, 2.75) is 77.0 Å². The molecule has 35 heavy (non-hydrogen) atoms. The van der Waals surface area contributed by atoms with Gasteiger partial charge in [0.15, 0.2) is 11.6 Å². The number of fused-ring (bicyclic) bond motifs is 1. The van der Waals surface area contributed by atoms with Crippen molar-refractivity contribution in [3.63, 3.8) is 0 Å². The molecule has 0 heterocycles. The first-order valence-electron chi connectivity index (χ1n) is 13.4. The first kappa shape index (κ1) is 25.4. The van der Waals surface area contributed by atoms with E-state index in [-0.39, 0.29) is 5.75 Å². The molecule has 4 unspecified atom stereocenters. The van der Waals surface area contributed by atoms with Crippen LogP contribution in [0.2, 0.25) is 0 Å². The van der Waals surface area contributed by atoms with Crippen LogP contribution in [0.5, 0.6) is 5.75 Å². The number of carbonyl (C=O) groups excluding carboxylic acids is 1. The Balaban J connectivity index is 1.31. The molecule has 2 aliphatic rings. The fraction of sp³-hybridized carbons (Fsp3) is 0.469. The summed E-state index contributed by atoms with van der Waals surface area (Å²) in [6.07, 6.45) is 18.3. The van der Waals surface area contributed by atoms with Gasteiger partial charge in [-0.1, -0.05) is 42.8 Å². The lowest BCUT2D eigenvalue weighted by Crippen LogP contribution is -2.30. The Morgan fingerprint density at radius 3 is 2.54 bits per heavy atom. The number of hydrogen-bond acceptors (Lipinski definition) is 2. The van der Waals surface area contributed by atoms with Gasteiger partial charge in [-0.2, -0.15) is 0 Å². The second-order valence-corrected chi connectivity index (χ2v) is 10.5. The number of ether oxygens (including phenoxy) is 1. The summed E-state index contributed by atoms with van der Waals surface area (Å²) < 4.78 is 19.7. The number of hydrogen-bond donors (Lipinski definition) is 0. The molecule has 4 rings (SSSR count). The van der Waals surface area contributed by atoms with E-state index in [1.54, 1.807) is 12.1 Å². The lowest BCUT2D eigenvalue weighted by atomic mass is 9.63. The van der Waals surface area contributed by atoms with Crippen molar-refractivity contribution in [2.24, 2.45) is 17.8 Å². The third-order valence-corrected chi connectivity index (χ3v) is 8.15. The highest BCUT2D eigenvalue weighted by atomic mass is 19.1. The second-order valence-electron chi connectivity index (χ2n) is 10.5. The minimum absolute atomic E-state index is 0.0268. The van der Waals surface area contributed by atoms with E-state index in [9.17, 15) is 9.18 Å². The van der Waals surface area contributed by atoms with Crippen LogP contribution >= 0.6 is 0 Å². The molecule has 0 amide bonds. The van der Waals surface area contributed by atoms with Gasteiger partial charge in [-0.3, -0.25) is 0 Å². The molecular weight excluding hydrogens is 435 g/mol. The van der Waals surface area contributed by atoms with Gasteiger partial charge in [-0.05, 0) is 124 Å². The molecule has 2 aromatic rings. The first-order chi connectivity index (χ1) is 17.1. The second kappa shape index (κ2) is 12.3. The van der Waals surface area contributed by atoms with E-state index in [2.05, 4.69) is 37.8 Å². The fourth-order valence-corrected chi connectivity index (χ4v) is 6.15. The van der Waals surface area contributed by atoms with Gasteiger partial charge in [-0.15, -0.1) is 6.58 Å². The van der Waals surface area contributed by atoms with Crippen LogP contribution < -0.4 is 4.74 Å². The molecular formula is C32H39FO2. The van der Waals surface area contributed by atoms with Crippen molar-refractivity contribution in [3.8, 4) is 5.75 Å². The standard InChI is InChI=1S/C32H39FO2/c1-3-5-7-9-23-10-12-29-22-28(18-17-27(29)20-23)25-13-15-26(16-14-25)32(34)35-31-19-11-24(8-6-4-2)21-30(31)33/h3-5,11,13-16,19,21,23,27-29H,2,6-10,12,17-18,20,22H2,1H3/b5-3+. The van der Waals surface area contributed by atoms with Crippen LogP contribution in [0.3, 0.4) is 0 Å². The lowest BCUT2D eigenvalue weighted by molar-refractivity contribution is 0.0727. The topological polar surface area (TPSA) is 26.3 Å². The maximum atomic E-state index is 14.4. The van der Waals surface area contributed by atoms with E-state index in [0.717, 1.165) is 36.2 Å². The molecule has 0 radical (unpaired) electrons. The summed E-state index contributed by atoms with van der Waals surface area (Å²) in [5.74, 6) is 2.15.